The lowest BCUT2D eigenvalue weighted by atomic mass is 10.0. The van der Waals surface area contributed by atoms with Crippen molar-refractivity contribution >= 4 is 0 Å². The Bertz CT molecular complexity index is 742. The van der Waals surface area contributed by atoms with E-state index in [2.05, 4.69) is 11.0 Å². The summed E-state index contributed by atoms with van der Waals surface area (Å²) in [5.41, 5.74) is 1.93. The molecule has 0 spiro atoms. The van der Waals surface area contributed by atoms with Gasteiger partial charge in [0.1, 0.15) is 6.04 Å². The number of ether oxygens (including phenoxy) is 2. The van der Waals surface area contributed by atoms with Crippen molar-refractivity contribution in [1.29, 1.82) is 5.26 Å². The van der Waals surface area contributed by atoms with Gasteiger partial charge in [-0.25, -0.2) is 0 Å². The molecule has 5 heteroatoms. The van der Waals surface area contributed by atoms with Crippen LogP contribution in [0.3, 0.4) is 0 Å². The van der Waals surface area contributed by atoms with Crippen LogP contribution in [-0.4, -0.2) is 36.3 Å². The molecule has 1 N–H and O–H groups in total. The van der Waals surface area contributed by atoms with Crippen LogP contribution >= 0.6 is 0 Å². The molecule has 0 aliphatic carbocycles. The molecule has 1 heterocycles. The predicted octanol–water partition coefficient (Wildman–Crippen LogP) is 3.43. The lowest BCUT2D eigenvalue weighted by Gasteiger charge is -2.36. The average molecular weight is 338 g/mol. The number of benzene rings is 2. The van der Waals surface area contributed by atoms with Crippen molar-refractivity contribution in [3.63, 3.8) is 0 Å². The monoisotopic (exact) mass is 338 g/mol. The molecule has 5 nitrogen and oxygen atoms in total. The molecule has 2 aromatic carbocycles. The first-order valence-electron chi connectivity index (χ1n) is 8.49. The first-order chi connectivity index (χ1) is 12.2. The normalized spacial score (nSPS) is 19.1. The van der Waals surface area contributed by atoms with Crippen molar-refractivity contribution in [2.24, 2.45) is 0 Å². The third-order valence-electron chi connectivity index (χ3n) is 4.36. The lowest BCUT2D eigenvalue weighted by molar-refractivity contribution is -0.0383. The zero-order chi connectivity index (χ0) is 17.6. The van der Waals surface area contributed by atoms with Gasteiger partial charge in [0, 0.05) is 13.1 Å². The Morgan fingerprint density at radius 2 is 2.12 bits per heavy atom. The van der Waals surface area contributed by atoms with Gasteiger partial charge >= 0.3 is 0 Å². The second kappa shape index (κ2) is 8.02. The molecule has 0 saturated carbocycles. The number of hydrogen-bond acceptors (Lipinski definition) is 5. The van der Waals surface area contributed by atoms with Crippen molar-refractivity contribution in [3.8, 4) is 17.6 Å². The number of rotatable bonds is 5. The molecule has 1 aliphatic rings. The SMILES string of the molecule is CCOc1cc([C@@H](C#N)N2CCO[C@@H](c3ccccc3)C2)ccc1O. The first kappa shape index (κ1) is 17.3. The van der Waals surface area contributed by atoms with Crippen LogP contribution in [0.1, 0.15) is 30.2 Å². The maximum absolute atomic E-state index is 9.88. The maximum atomic E-state index is 9.88. The van der Waals surface area contributed by atoms with Gasteiger partial charge in [-0.2, -0.15) is 5.26 Å². The highest BCUT2D eigenvalue weighted by Gasteiger charge is 2.28. The van der Waals surface area contributed by atoms with E-state index in [0.29, 0.717) is 32.1 Å². The summed E-state index contributed by atoms with van der Waals surface area (Å²) >= 11 is 0. The van der Waals surface area contributed by atoms with Crippen molar-refractivity contribution in [1.82, 2.24) is 4.90 Å². The Morgan fingerprint density at radius 1 is 1.32 bits per heavy atom. The Hall–Kier alpha value is -2.55. The molecule has 3 rings (SSSR count). The molecule has 1 aliphatic heterocycles. The molecule has 1 fully saturated rings. The van der Waals surface area contributed by atoms with Gasteiger partial charge in [-0.1, -0.05) is 36.4 Å². The summed E-state index contributed by atoms with van der Waals surface area (Å²) in [6.07, 6.45) is -0.0470. The van der Waals surface area contributed by atoms with Crippen LogP contribution in [0, 0.1) is 11.3 Å². The smallest absolute Gasteiger partial charge is 0.161 e. The summed E-state index contributed by atoms with van der Waals surface area (Å²) in [6.45, 7) is 4.23. The zero-order valence-corrected chi connectivity index (χ0v) is 14.3. The lowest BCUT2D eigenvalue weighted by Crippen LogP contribution is -2.40. The predicted molar refractivity (Wildman–Crippen MR) is 94.3 cm³/mol. The number of aromatic hydroxyl groups is 1. The van der Waals surface area contributed by atoms with E-state index in [4.69, 9.17) is 9.47 Å². The van der Waals surface area contributed by atoms with Gasteiger partial charge in [0.15, 0.2) is 11.5 Å². The van der Waals surface area contributed by atoms with Crippen LogP contribution in [0.2, 0.25) is 0 Å². The molecule has 2 aromatic rings. The number of hydrogen-bond donors (Lipinski definition) is 1. The number of nitrogens with zero attached hydrogens (tertiary/aromatic N) is 2. The molecular weight excluding hydrogens is 316 g/mol. The minimum Gasteiger partial charge on any atom is -0.504 e. The van der Waals surface area contributed by atoms with E-state index in [0.717, 1.165) is 11.1 Å². The van der Waals surface area contributed by atoms with Gasteiger partial charge in [0.25, 0.3) is 0 Å². The minimum atomic E-state index is -0.407. The Kier molecular flexibility index (Phi) is 5.54. The summed E-state index contributed by atoms with van der Waals surface area (Å²) in [6, 6.07) is 17.1. The number of nitriles is 1. The Balaban J connectivity index is 1.81. The van der Waals surface area contributed by atoms with E-state index in [-0.39, 0.29) is 11.9 Å². The maximum Gasteiger partial charge on any atom is 0.161 e. The topological polar surface area (TPSA) is 65.7 Å². The highest BCUT2D eigenvalue weighted by Crippen LogP contribution is 2.33. The van der Waals surface area contributed by atoms with Gasteiger partial charge in [-0.15, -0.1) is 0 Å². The van der Waals surface area contributed by atoms with E-state index in [9.17, 15) is 10.4 Å². The Morgan fingerprint density at radius 3 is 2.84 bits per heavy atom. The van der Waals surface area contributed by atoms with Crippen LogP contribution in [0.15, 0.2) is 48.5 Å². The molecule has 0 aromatic heterocycles. The molecular formula is C20H22N2O3. The molecule has 0 radical (unpaired) electrons. The van der Waals surface area contributed by atoms with E-state index in [1.807, 2.05) is 37.3 Å². The molecule has 0 unspecified atom stereocenters. The van der Waals surface area contributed by atoms with Crippen LogP contribution in [0.25, 0.3) is 0 Å². The second-order valence-corrected chi connectivity index (χ2v) is 5.96. The highest BCUT2D eigenvalue weighted by molar-refractivity contribution is 5.44. The van der Waals surface area contributed by atoms with Crippen molar-refractivity contribution in [3.05, 3.63) is 59.7 Å². The third-order valence-corrected chi connectivity index (χ3v) is 4.36. The van der Waals surface area contributed by atoms with Gasteiger partial charge in [0.2, 0.25) is 0 Å². The molecule has 25 heavy (non-hydrogen) atoms. The zero-order valence-electron chi connectivity index (χ0n) is 14.3. The van der Waals surface area contributed by atoms with Crippen LogP contribution < -0.4 is 4.74 Å². The molecule has 0 amide bonds. The van der Waals surface area contributed by atoms with Gasteiger partial charge < -0.3 is 14.6 Å². The summed E-state index contributed by atoms with van der Waals surface area (Å²) < 4.78 is 11.3. The fourth-order valence-electron chi connectivity index (χ4n) is 3.11. The largest absolute Gasteiger partial charge is 0.504 e. The minimum absolute atomic E-state index is 0.0470. The summed E-state index contributed by atoms with van der Waals surface area (Å²) in [4.78, 5) is 2.11. The van der Waals surface area contributed by atoms with Crippen molar-refractivity contribution in [2.75, 3.05) is 26.3 Å². The van der Waals surface area contributed by atoms with Gasteiger partial charge in [0.05, 0.1) is 25.4 Å². The van der Waals surface area contributed by atoms with Crippen molar-refractivity contribution < 1.29 is 14.6 Å². The van der Waals surface area contributed by atoms with Crippen LogP contribution in [0.5, 0.6) is 11.5 Å². The van der Waals surface area contributed by atoms with Gasteiger partial charge in [-0.05, 0) is 30.2 Å². The second-order valence-electron chi connectivity index (χ2n) is 5.96. The van der Waals surface area contributed by atoms with Crippen LogP contribution in [-0.2, 0) is 4.74 Å². The number of phenols is 1. The molecule has 1 saturated heterocycles. The fourth-order valence-corrected chi connectivity index (χ4v) is 3.11. The third kappa shape index (κ3) is 3.93. The molecule has 0 bridgehead atoms. The van der Waals surface area contributed by atoms with E-state index in [1.54, 1.807) is 18.2 Å². The van der Waals surface area contributed by atoms with Crippen molar-refractivity contribution in [2.45, 2.75) is 19.1 Å². The molecule has 2 atom stereocenters. The Labute approximate surface area is 148 Å². The summed E-state index contributed by atoms with van der Waals surface area (Å²) in [7, 11) is 0. The summed E-state index contributed by atoms with van der Waals surface area (Å²) in [5.74, 6) is 0.500. The van der Waals surface area contributed by atoms with E-state index in [1.165, 1.54) is 0 Å². The van der Waals surface area contributed by atoms with Crippen LogP contribution in [0.4, 0.5) is 0 Å². The number of phenolic OH excluding ortho intramolecular Hbond substituents is 1. The average Bonchev–Trinajstić information content (AvgIpc) is 2.66. The highest BCUT2D eigenvalue weighted by atomic mass is 16.5. The van der Waals surface area contributed by atoms with E-state index < -0.39 is 6.04 Å². The first-order valence-corrected chi connectivity index (χ1v) is 8.49. The molecule has 130 valence electrons. The number of morpholine rings is 1. The van der Waals surface area contributed by atoms with E-state index >= 15 is 0 Å². The fraction of sp³-hybridized carbons (Fsp3) is 0.350. The van der Waals surface area contributed by atoms with Gasteiger partial charge in [-0.3, -0.25) is 4.90 Å². The summed E-state index contributed by atoms with van der Waals surface area (Å²) in [5, 5.41) is 19.6. The standard InChI is InChI=1S/C20H22N2O3/c1-2-24-19-12-16(8-9-18(19)23)17(13-21)22-10-11-25-20(14-22)15-6-4-3-5-7-15/h3-9,12,17,20,23H,2,10-11,14H2,1H3/t17-,20-/m1/s1. The quantitative estimate of drug-likeness (QED) is 0.905.